The first-order valence-corrected chi connectivity index (χ1v) is 21.7. The molecule has 290 valence electrons. The lowest BCUT2D eigenvalue weighted by atomic mass is 9.82. The highest BCUT2D eigenvalue weighted by Crippen LogP contribution is 2.48. The number of para-hydroxylation sites is 2. The number of fused-ring (bicyclic) bond motifs is 12. The summed E-state index contributed by atoms with van der Waals surface area (Å²) in [5.74, 6) is 0. The third kappa shape index (κ3) is 5.27. The van der Waals surface area contributed by atoms with Crippen LogP contribution in [0.5, 0.6) is 0 Å². The van der Waals surface area contributed by atoms with E-state index < -0.39 is 0 Å². The van der Waals surface area contributed by atoms with Gasteiger partial charge >= 0.3 is 0 Å². The fourth-order valence-corrected chi connectivity index (χ4v) is 10.6. The van der Waals surface area contributed by atoms with Crippen LogP contribution in [0.3, 0.4) is 0 Å². The number of hydrogen-bond donors (Lipinski definition) is 0. The van der Waals surface area contributed by atoms with Gasteiger partial charge in [0.25, 0.3) is 0 Å². The second-order valence-corrected chi connectivity index (χ2v) is 19.7. The van der Waals surface area contributed by atoms with Gasteiger partial charge in [0, 0.05) is 69.3 Å². The molecule has 0 saturated heterocycles. The van der Waals surface area contributed by atoms with Crippen molar-refractivity contribution >= 4 is 97.2 Å². The van der Waals surface area contributed by atoms with Crippen molar-refractivity contribution in [2.75, 3.05) is 0 Å². The molecule has 0 radical (unpaired) electrons. The van der Waals surface area contributed by atoms with Crippen LogP contribution < -0.4 is 0 Å². The van der Waals surface area contributed by atoms with Crippen LogP contribution in [-0.2, 0) is 10.8 Å². The second-order valence-electron chi connectivity index (χ2n) is 18.6. The average molecular weight is 794 g/mol. The summed E-state index contributed by atoms with van der Waals surface area (Å²) in [7, 11) is 0. The Kier molecular flexibility index (Phi) is 7.33. The molecule has 4 heteroatoms. The lowest BCUT2D eigenvalue weighted by Crippen LogP contribution is -2.11. The fraction of sp³-hybridized carbons (Fsp3) is 0.143. The molecular weight excluding hydrogens is 751 g/mol. The maximum absolute atomic E-state index is 6.55. The topological polar surface area (TPSA) is 31.2 Å². The first-order chi connectivity index (χ1) is 29.0. The van der Waals surface area contributed by atoms with Gasteiger partial charge in [-0.25, -0.2) is 0 Å². The maximum Gasteiger partial charge on any atom is 0.136 e. The molecule has 0 aliphatic carbocycles. The van der Waals surface area contributed by atoms with Crippen molar-refractivity contribution in [3.63, 3.8) is 0 Å². The Bertz CT molecular complexity index is 3550. The number of thiophene rings is 1. The van der Waals surface area contributed by atoms with Crippen molar-refractivity contribution in [1.82, 2.24) is 4.57 Å². The average Bonchev–Trinajstić information content (AvgIpc) is 4.00. The molecule has 0 atom stereocenters. The molecule has 4 heterocycles. The van der Waals surface area contributed by atoms with Crippen molar-refractivity contribution in [1.29, 1.82) is 0 Å². The van der Waals surface area contributed by atoms with Crippen molar-refractivity contribution in [2.24, 2.45) is 0 Å². The van der Waals surface area contributed by atoms with Gasteiger partial charge in [-0.05, 0) is 112 Å². The fourth-order valence-electron chi connectivity index (χ4n) is 9.48. The molecule has 8 aromatic carbocycles. The minimum absolute atomic E-state index is 0.0928. The van der Waals surface area contributed by atoms with Crippen molar-refractivity contribution in [2.45, 2.75) is 52.4 Å². The number of furan rings is 2. The summed E-state index contributed by atoms with van der Waals surface area (Å²) in [5, 5.41) is 9.59. The Morgan fingerprint density at radius 2 is 0.883 bits per heavy atom. The number of aromatic nitrogens is 1. The van der Waals surface area contributed by atoms with E-state index in [0.29, 0.717) is 0 Å². The van der Waals surface area contributed by atoms with E-state index in [9.17, 15) is 0 Å². The van der Waals surface area contributed by atoms with Gasteiger partial charge in [-0.1, -0.05) is 114 Å². The predicted octanol–water partition coefficient (Wildman–Crippen LogP) is 16.9. The van der Waals surface area contributed by atoms with E-state index in [1.54, 1.807) is 0 Å². The largest absolute Gasteiger partial charge is 0.456 e. The minimum atomic E-state index is -0.105. The van der Waals surface area contributed by atoms with E-state index in [-0.39, 0.29) is 10.8 Å². The molecule has 0 amide bonds. The molecule has 0 unspecified atom stereocenters. The summed E-state index contributed by atoms with van der Waals surface area (Å²) in [6.45, 7) is 14.0. The molecular formula is C56H43NO2S. The first kappa shape index (κ1) is 35.3. The van der Waals surface area contributed by atoms with E-state index >= 15 is 0 Å². The molecule has 0 bridgehead atoms. The molecule has 0 aliphatic rings. The quantitative estimate of drug-likeness (QED) is 0.178. The van der Waals surface area contributed by atoms with Gasteiger partial charge in [-0.2, -0.15) is 0 Å². The SMILES string of the molecule is CC(C)(C)c1cc(-c2ccc3c(c2)oc2ccccc23)c2c(c1)c1cc(C(C)(C)C)cc(-c3ccc4c(c3)sc3ccccc34)c1n2-c1ccc2oc3ccccc3c2c1. The molecule has 4 aromatic heterocycles. The molecule has 12 rings (SSSR count). The highest BCUT2D eigenvalue weighted by atomic mass is 32.1. The Balaban J connectivity index is 1.26. The minimum Gasteiger partial charge on any atom is -0.456 e. The summed E-state index contributed by atoms with van der Waals surface area (Å²) in [6, 6.07) is 55.9. The van der Waals surface area contributed by atoms with E-state index in [2.05, 4.69) is 186 Å². The van der Waals surface area contributed by atoms with Crippen molar-refractivity contribution < 1.29 is 8.83 Å². The molecule has 0 spiro atoms. The summed E-state index contributed by atoms with van der Waals surface area (Å²) in [5.41, 5.74) is 14.2. The zero-order valence-electron chi connectivity index (χ0n) is 34.6. The van der Waals surface area contributed by atoms with Crippen molar-refractivity contribution in [3.05, 3.63) is 163 Å². The summed E-state index contributed by atoms with van der Waals surface area (Å²) >= 11 is 1.88. The second kappa shape index (κ2) is 12.5. The number of rotatable bonds is 3. The summed E-state index contributed by atoms with van der Waals surface area (Å²) in [6.07, 6.45) is 0. The number of nitrogens with zero attached hydrogens (tertiary/aromatic N) is 1. The van der Waals surface area contributed by atoms with Crippen LogP contribution >= 0.6 is 11.3 Å². The lowest BCUT2D eigenvalue weighted by Gasteiger charge is -2.22. The lowest BCUT2D eigenvalue weighted by molar-refractivity contribution is 0.590. The molecule has 12 aromatic rings. The van der Waals surface area contributed by atoms with Crippen LogP contribution in [0, 0.1) is 0 Å². The molecule has 0 N–H and O–H groups in total. The standard InChI is InChI=1S/C56H43NO2S/c1-55(2,3)34-27-42(32-19-22-39-37-13-7-10-16-47(37)59-50(39)25-32)53-45(29-34)46-30-35(56(4,5)6)28-43(33-20-23-41-40-15-9-12-18-51(40)60-52(41)26-33)54(46)57(53)36-21-24-49-44(31-36)38-14-8-11-17-48(38)58-49/h7-31H,1-6H3. The van der Waals surface area contributed by atoms with Crippen LogP contribution in [-0.4, -0.2) is 4.57 Å². The van der Waals surface area contributed by atoms with Crippen LogP contribution in [0.2, 0.25) is 0 Å². The van der Waals surface area contributed by atoms with Crippen LogP contribution in [0.15, 0.2) is 160 Å². The van der Waals surface area contributed by atoms with Gasteiger partial charge in [0.15, 0.2) is 0 Å². The van der Waals surface area contributed by atoms with E-state index in [1.165, 1.54) is 69.8 Å². The number of benzene rings is 8. The number of hydrogen-bond acceptors (Lipinski definition) is 3. The van der Waals surface area contributed by atoms with E-state index in [4.69, 9.17) is 8.83 Å². The van der Waals surface area contributed by atoms with Gasteiger partial charge in [-0.15, -0.1) is 11.3 Å². The Hall–Kier alpha value is -6.62. The van der Waals surface area contributed by atoms with Gasteiger partial charge < -0.3 is 13.4 Å². The molecule has 3 nitrogen and oxygen atoms in total. The smallest absolute Gasteiger partial charge is 0.136 e. The molecule has 0 aliphatic heterocycles. The summed E-state index contributed by atoms with van der Waals surface area (Å²) < 4.78 is 18.1. The maximum atomic E-state index is 6.55. The van der Waals surface area contributed by atoms with Gasteiger partial charge in [0.05, 0.1) is 11.0 Å². The third-order valence-corrected chi connectivity index (χ3v) is 13.8. The summed E-state index contributed by atoms with van der Waals surface area (Å²) in [4.78, 5) is 0. The highest BCUT2D eigenvalue weighted by Gasteiger charge is 2.27. The van der Waals surface area contributed by atoms with Gasteiger partial charge in [0.2, 0.25) is 0 Å². The molecule has 0 saturated carbocycles. The first-order valence-electron chi connectivity index (χ1n) is 20.9. The predicted molar refractivity (Wildman–Crippen MR) is 256 cm³/mol. The van der Waals surface area contributed by atoms with Crippen LogP contribution in [0.4, 0.5) is 0 Å². The van der Waals surface area contributed by atoms with Crippen molar-refractivity contribution in [3.8, 4) is 27.9 Å². The van der Waals surface area contributed by atoms with Gasteiger partial charge in [-0.3, -0.25) is 0 Å². The van der Waals surface area contributed by atoms with E-state index in [0.717, 1.165) is 55.1 Å². The Morgan fingerprint density at radius 1 is 0.383 bits per heavy atom. The zero-order chi connectivity index (χ0) is 40.7. The van der Waals surface area contributed by atoms with Crippen LogP contribution in [0.25, 0.3) is 114 Å². The Morgan fingerprint density at radius 3 is 1.53 bits per heavy atom. The van der Waals surface area contributed by atoms with Crippen LogP contribution in [0.1, 0.15) is 52.7 Å². The zero-order valence-corrected chi connectivity index (χ0v) is 35.4. The third-order valence-electron chi connectivity index (χ3n) is 12.7. The van der Waals surface area contributed by atoms with E-state index in [1.807, 2.05) is 23.5 Å². The van der Waals surface area contributed by atoms with Gasteiger partial charge in [0.1, 0.15) is 22.3 Å². The highest BCUT2D eigenvalue weighted by molar-refractivity contribution is 7.25. The normalized spacial score (nSPS) is 12.8. The molecule has 0 fully saturated rings. The Labute approximate surface area is 352 Å². The molecule has 60 heavy (non-hydrogen) atoms. The monoisotopic (exact) mass is 793 g/mol.